The van der Waals surface area contributed by atoms with E-state index in [1.807, 2.05) is 48.1 Å². The van der Waals surface area contributed by atoms with Gasteiger partial charge in [-0.15, -0.1) is 0 Å². The molecule has 0 fully saturated rings. The van der Waals surface area contributed by atoms with Gasteiger partial charge in [0.1, 0.15) is 11.5 Å². The third-order valence-electron chi connectivity index (χ3n) is 4.50. The lowest BCUT2D eigenvalue weighted by Gasteiger charge is -2.12. The Hall–Kier alpha value is -2.33. The Balaban J connectivity index is 1.95. The molecule has 4 rings (SSSR count). The van der Waals surface area contributed by atoms with Crippen LogP contribution in [0.3, 0.4) is 0 Å². The summed E-state index contributed by atoms with van der Waals surface area (Å²) in [6, 6.07) is 11.9. The Bertz CT molecular complexity index is 871. The van der Waals surface area contributed by atoms with E-state index in [2.05, 4.69) is 16.4 Å². The quantitative estimate of drug-likeness (QED) is 0.740. The van der Waals surface area contributed by atoms with E-state index in [1.165, 1.54) is 5.56 Å². The fraction of sp³-hybridized carbons (Fsp3) is 0.263. The number of halogens is 1. The lowest BCUT2D eigenvalue weighted by atomic mass is 10.1. The fourth-order valence-electron chi connectivity index (χ4n) is 3.21. The second-order valence-corrected chi connectivity index (χ2v) is 6.48. The lowest BCUT2D eigenvalue weighted by Crippen LogP contribution is -2.08. The average molecular weight is 339 g/mol. The van der Waals surface area contributed by atoms with Crippen LogP contribution < -0.4 is 5.32 Å². The van der Waals surface area contributed by atoms with Crippen molar-refractivity contribution in [3.63, 3.8) is 0 Å². The molecule has 0 aliphatic carbocycles. The van der Waals surface area contributed by atoms with Crippen LogP contribution in [0.1, 0.15) is 24.0 Å². The van der Waals surface area contributed by atoms with Gasteiger partial charge in [0.2, 0.25) is 0 Å². The Labute approximate surface area is 146 Å². The summed E-state index contributed by atoms with van der Waals surface area (Å²) in [5, 5.41) is 9.22. The van der Waals surface area contributed by atoms with E-state index in [-0.39, 0.29) is 0 Å². The predicted octanol–water partition coefficient (Wildman–Crippen LogP) is 4.64. The highest BCUT2D eigenvalue weighted by Gasteiger charge is 2.23. The first-order valence-electron chi connectivity index (χ1n) is 8.28. The smallest absolute Gasteiger partial charge is 0.133 e. The average Bonchev–Trinajstić information content (AvgIpc) is 2.79. The lowest BCUT2D eigenvalue weighted by molar-refractivity contribution is 0.779. The van der Waals surface area contributed by atoms with E-state index in [0.717, 1.165) is 59.3 Å². The maximum Gasteiger partial charge on any atom is 0.133 e. The molecule has 0 bridgehead atoms. The normalized spacial score (nSPS) is 13.9. The molecule has 0 radical (unpaired) electrons. The summed E-state index contributed by atoms with van der Waals surface area (Å²) in [6.07, 6.45) is 5.13. The van der Waals surface area contributed by atoms with E-state index < -0.39 is 0 Å². The highest BCUT2D eigenvalue weighted by atomic mass is 35.5. The van der Waals surface area contributed by atoms with Crippen molar-refractivity contribution < 1.29 is 0 Å². The van der Waals surface area contributed by atoms with Gasteiger partial charge in [0, 0.05) is 23.3 Å². The van der Waals surface area contributed by atoms with Gasteiger partial charge in [-0.05, 0) is 56.0 Å². The first kappa shape index (κ1) is 15.2. The summed E-state index contributed by atoms with van der Waals surface area (Å²) in [4.78, 5) is 4.51. The summed E-state index contributed by atoms with van der Waals surface area (Å²) in [7, 11) is 0. The number of nitrogens with zero attached hydrogens (tertiary/aromatic N) is 3. The molecular weight excluding hydrogens is 320 g/mol. The summed E-state index contributed by atoms with van der Waals surface area (Å²) in [6.45, 7) is 2.99. The van der Waals surface area contributed by atoms with Crippen LogP contribution in [0, 0.1) is 6.92 Å². The largest absolute Gasteiger partial charge is 0.370 e. The predicted molar refractivity (Wildman–Crippen MR) is 98.0 cm³/mol. The highest BCUT2D eigenvalue weighted by molar-refractivity contribution is 6.31. The van der Waals surface area contributed by atoms with Crippen molar-refractivity contribution in [1.82, 2.24) is 14.8 Å². The molecule has 5 heteroatoms. The Morgan fingerprint density at radius 3 is 2.88 bits per heavy atom. The third kappa shape index (κ3) is 2.57. The molecule has 122 valence electrons. The number of aromatic nitrogens is 3. The summed E-state index contributed by atoms with van der Waals surface area (Å²) in [5.41, 5.74) is 5.15. The van der Waals surface area contributed by atoms with Gasteiger partial charge < -0.3 is 5.32 Å². The van der Waals surface area contributed by atoms with Crippen LogP contribution in [-0.4, -0.2) is 21.3 Å². The highest BCUT2D eigenvalue weighted by Crippen LogP contribution is 2.34. The minimum atomic E-state index is 0.754. The molecule has 3 aromatic rings. The van der Waals surface area contributed by atoms with Crippen LogP contribution >= 0.6 is 11.6 Å². The molecule has 1 aromatic carbocycles. The van der Waals surface area contributed by atoms with E-state index in [1.54, 1.807) is 0 Å². The monoisotopic (exact) mass is 338 g/mol. The van der Waals surface area contributed by atoms with E-state index in [9.17, 15) is 0 Å². The van der Waals surface area contributed by atoms with Crippen LogP contribution in [0.25, 0.3) is 17.1 Å². The second kappa shape index (κ2) is 6.29. The molecule has 2 aromatic heterocycles. The number of pyridine rings is 1. The maximum absolute atomic E-state index is 6.33. The van der Waals surface area contributed by atoms with E-state index in [0.29, 0.717) is 0 Å². The Morgan fingerprint density at radius 1 is 1.12 bits per heavy atom. The molecule has 0 saturated carbocycles. The molecule has 0 spiro atoms. The van der Waals surface area contributed by atoms with Gasteiger partial charge in [-0.3, -0.25) is 4.98 Å². The van der Waals surface area contributed by atoms with Gasteiger partial charge in [-0.2, -0.15) is 5.10 Å². The van der Waals surface area contributed by atoms with Crippen molar-refractivity contribution in [3.05, 3.63) is 58.7 Å². The molecule has 24 heavy (non-hydrogen) atoms. The fourth-order valence-corrected chi connectivity index (χ4v) is 3.38. The second-order valence-electron chi connectivity index (χ2n) is 6.07. The van der Waals surface area contributed by atoms with Crippen molar-refractivity contribution in [1.29, 1.82) is 0 Å². The zero-order valence-corrected chi connectivity index (χ0v) is 14.3. The van der Waals surface area contributed by atoms with Crippen molar-refractivity contribution >= 4 is 17.4 Å². The van der Waals surface area contributed by atoms with Crippen LogP contribution in [-0.2, 0) is 6.42 Å². The number of fused-ring (bicyclic) bond motifs is 1. The molecule has 1 aliphatic rings. The summed E-state index contributed by atoms with van der Waals surface area (Å²) < 4.78 is 1.99. The Morgan fingerprint density at radius 2 is 2.04 bits per heavy atom. The molecule has 1 aliphatic heterocycles. The van der Waals surface area contributed by atoms with Gasteiger partial charge in [0.05, 0.1) is 11.4 Å². The van der Waals surface area contributed by atoms with Crippen LogP contribution in [0.5, 0.6) is 0 Å². The minimum absolute atomic E-state index is 0.754. The van der Waals surface area contributed by atoms with Crippen LogP contribution in [0.4, 0.5) is 5.82 Å². The van der Waals surface area contributed by atoms with Crippen molar-refractivity contribution in [2.24, 2.45) is 0 Å². The van der Waals surface area contributed by atoms with Gasteiger partial charge in [-0.25, -0.2) is 4.68 Å². The molecule has 4 nitrogen and oxygen atoms in total. The molecule has 0 unspecified atom stereocenters. The number of benzene rings is 1. The van der Waals surface area contributed by atoms with E-state index in [4.69, 9.17) is 16.7 Å². The molecule has 0 amide bonds. The SMILES string of the molecule is Cc1c(Cl)cccc1-n1nc(-c2ccccn2)c2c1NCCCC2. The van der Waals surface area contributed by atoms with Crippen LogP contribution in [0.15, 0.2) is 42.6 Å². The third-order valence-corrected chi connectivity index (χ3v) is 4.91. The van der Waals surface area contributed by atoms with Crippen LogP contribution in [0.2, 0.25) is 5.02 Å². The first-order chi connectivity index (χ1) is 11.8. The van der Waals surface area contributed by atoms with Crippen molar-refractivity contribution in [2.45, 2.75) is 26.2 Å². The molecule has 0 saturated heterocycles. The number of anilines is 1. The molecule has 1 N–H and O–H groups in total. The van der Waals surface area contributed by atoms with Gasteiger partial charge >= 0.3 is 0 Å². The number of nitrogens with one attached hydrogen (secondary N) is 1. The van der Waals surface area contributed by atoms with Gasteiger partial charge in [0.25, 0.3) is 0 Å². The van der Waals surface area contributed by atoms with E-state index >= 15 is 0 Å². The number of rotatable bonds is 2. The molecular formula is C19H19ClN4. The topological polar surface area (TPSA) is 42.7 Å². The zero-order valence-electron chi connectivity index (χ0n) is 13.6. The zero-order chi connectivity index (χ0) is 16.5. The van der Waals surface area contributed by atoms with Gasteiger partial charge in [-0.1, -0.05) is 23.7 Å². The summed E-state index contributed by atoms with van der Waals surface area (Å²) >= 11 is 6.33. The van der Waals surface area contributed by atoms with Crippen molar-refractivity contribution in [2.75, 3.05) is 11.9 Å². The first-order valence-corrected chi connectivity index (χ1v) is 8.66. The number of hydrogen-bond acceptors (Lipinski definition) is 3. The summed E-state index contributed by atoms with van der Waals surface area (Å²) in [5.74, 6) is 1.07. The van der Waals surface area contributed by atoms with Crippen molar-refractivity contribution in [3.8, 4) is 17.1 Å². The standard InChI is InChI=1S/C19H19ClN4/c1-13-15(20)8-6-10-17(13)24-19-14(7-2-4-12-22-19)18(23-24)16-9-3-5-11-21-16/h3,5-6,8-11,22H,2,4,7,12H2,1H3. The maximum atomic E-state index is 6.33. The minimum Gasteiger partial charge on any atom is -0.370 e. The molecule has 0 atom stereocenters. The van der Waals surface area contributed by atoms with Gasteiger partial charge in [0.15, 0.2) is 0 Å². The Kier molecular flexibility index (Phi) is 3.98. The molecule has 3 heterocycles. The number of hydrogen-bond donors (Lipinski definition) is 1.